The summed E-state index contributed by atoms with van der Waals surface area (Å²) in [4.78, 5) is 12.1. The van der Waals surface area contributed by atoms with Crippen LogP contribution < -0.4 is 19.5 Å². The molecule has 0 bridgehead atoms. The van der Waals surface area contributed by atoms with E-state index in [1.54, 1.807) is 20.3 Å². The van der Waals surface area contributed by atoms with Crippen LogP contribution in [-0.2, 0) is 11.3 Å². The lowest BCUT2D eigenvalue weighted by atomic mass is 10.1. The lowest BCUT2D eigenvalue weighted by Crippen LogP contribution is -2.20. The molecule has 5 nitrogen and oxygen atoms in total. The van der Waals surface area contributed by atoms with Crippen molar-refractivity contribution in [3.63, 3.8) is 0 Å². The fourth-order valence-electron chi connectivity index (χ4n) is 2.40. The van der Waals surface area contributed by atoms with Crippen LogP contribution in [-0.4, -0.2) is 26.7 Å². The second kappa shape index (κ2) is 9.37. The first-order valence-electron chi connectivity index (χ1n) is 8.07. The molecule has 2 aromatic rings. The molecule has 0 aliphatic rings. The van der Waals surface area contributed by atoms with Crippen molar-refractivity contribution < 1.29 is 19.0 Å². The second-order valence-corrected chi connectivity index (χ2v) is 5.17. The molecule has 5 heteroatoms. The topological polar surface area (TPSA) is 56.8 Å². The molecule has 2 rings (SSSR count). The highest BCUT2D eigenvalue weighted by atomic mass is 16.5. The third kappa shape index (κ3) is 5.01. The van der Waals surface area contributed by atoms with Crippen molar-refractivity contribution in [2.75, 3.05) is 20.8 Å². The van der Waals surface area contributed by atoms with Crippen molar-refractivity contribution >= 4 is 12.0 Å². The van der Waals surface area contributed by atoms with E-state index in [9.17, 15) is 4.79 Å². The number of nitrogens with one attached hydrogen (secondary N) is 1. The minimum atomic E-state index is -0.198. The Morgan fingerprint density at radius 2 is 1.80 bits per heavy atom. The van der Waals surface area contributed by atoms with Gasteiger partial charge in [0.15, 0.2) is 11.5 Å². The first-order chi connectivity index (χ1) is 12.2. The van der Waals surface area contributed by atoms with Crippen molar-refractivity contribution in [2.45, 2.75) is 13.5 Å². The van der Waals surface area contributed by atoms with Crippen molar-refractivity contribution in [3.8, 4) is 17.2 Å². The minimum absolute atomic E-state index is 0.198. The van der Waals surface area contributed by atoms with E-state index in [1.807, 2.05) is 49.4 Å². The molecular weight excluding hydrogens is 318 g/mol. The van der Waals surface area contributed by atoms with Crippen LogP contribution in [0.3, 0.4) is 0 Å². The standard InChI is InChI=1S/C20H23NO4/c1-4-25-17-10-6-5-8-15(17)12-13-19(22)21-14-16-9-7-11-18(23-2)20(16)24-3/h5-13H,4,14H2,1-3H3,(H,21,22)/b13-12+. The number of para-hydroxylation sites is 2. The van der Waals surface area contributed by atoms with E-state index in [-0.39, 0.29) is 5.91 Å². The van der Waals surface area contributed by atoms with E-state index < -0.39 is 0 Å². The molecule has 25 heavy (non-hydrogen) atoms. The second-order valence-electron chi connectivity index (χ2n) is 5.17. The van der Waals surface area contributed by atoms with Gasteiger partial charge in [0, 0.05) is 23.7 Å². The normalized spacial score (nSPS) is 10.5. The third-order valence-corrected chi connectivity index (χ3v) is 3.57. The van der Waals surface area contributed by atoms with Crippen molar-refractivity contribution in [3.05, 3.63) is 59.7 Å². The number of rotatable bonds is 8. The van der Waals surface area contributed by atoms with E-state index >= 15 is 0 Å². The Kier molecular flexibility index (Phi) is 6.89. The fourth-order valence-corrected chi connectivity index (χ4v) is 2.40. The van der Waals surface area contributed by atoms with Crippen molar-refractivity contribution in [2.24, 2.45) is 0 Å². The van der Waals surface area contributed by atoms with E-state index in [4.69, 9.17) is 14.2 Å². The summed E-state index contributed by atoms with van der Waals surface area (Å²) in [6.45, 7) is 2.85. The molecule has 0 spiro atoms. The van der Waals surface area contributed by atoms with Gasteiger partial charge in [-0.2, -0.15) is 0 Å². The monoisotopic (exact) mass is 341 g/mol. The van der Waals surface area contributed by atoms with Gasteiger partial charge in [0.2, 0.25) is 5.91 Å². The molecule has 0 saturated carbocycles. The molecule has 132 valence electrons. The number of hydrogen-bond donors (Lipinski definition) is 1. The summed E-state index contributed by atoms with van der Waals surface area (Å²) in [5.41, 5.74) is 1.71. The summed E-state index contributed by atoms with van der Waals surface area (Å²) in [6.07, 6.45) is 3.23. The maximum Gasteiger partial charge on any atom is 0.244 e. The van der Waals surface area contributed by atoms with E-state index in [1.165, 1.54) is 6.08 Å². The average molecular weight is 341 g/mol. The molecule has 0 fully saturated rings. The van der Waals surface area contributed by atoms with E-state index in [0.29, 0.717) is 24.7 Å². The zero-order valence-electron chi connectivity index (χ0n) is 14.7. The Hall–Kier alpha value is -2.95. The highest BCUT2D eigenvalue weighted by molar-refractivity contribution is 5.92. The Balaban J connectivity index is 2.02. The van der Waals surface area contributed by atoms with Crippen LogP contribution in [0.5, 0.6) is 17.2 Å². The van der Waals surface area contributed by atoms with Crippen LogP contribution in [0.2, 0.25) is 0 Å². The van der Waals surface area contributed by atoms with Gasteiger partial charge in [-0.25, -0.2) is 0 Å². The summed E-state index contributed by atoms with van der Waals surface area (Å²) in [5, 5.41) is 2.84. The summed E-state index contributed by atoms with van der Waals surface area (Å²) in [5.74, 6) is 1.81. The molecule has 0 heterocycles. The minimum Gasteiger partial charge on any atom is -0.493 e. The van der Waals surface area contributed by atoms with Crippen LogP contribution in [0.15, 0.2) is 48.5 Å². The lowest BCUT2D eigenvalue weighted by molar-refractivity contribution is -0.116. The summed E-state index contributed by atoms with van der Waals surface area (Å²) in [6, 6.07) is 13.1. The Morgan fingerprint density at radius 1 is 1.04 bits per heavy atom. The lowest BCUT2D eigenvalue weighted by Gasteiger charge is -2.12. The molecule has 1 N–H and O–H groups in total. The number of ether oxygens (including phenoxy) is 3. The van der Waals surface area contributed by atoms with Crippen LogP contribution in [0.1, 0.15) is 18.1 Å². The first kappa shape index (κ1) is 18.4. The quantitative estimate of drug-likeness (QED) is 0.748. The smallest absolute Gasteiger partial charge is 0.244 e. The van der Waals surface area contributed by atoms with Crippen LogP contribution >= 0.6 is 0 Å². The van der Waals surface area contributed by atoms with Gasteiger partial charge >= 0.3 is 0 Å². The SMILES string of the molecule is CCOc1ccccc1/C=C/C(=O)NCc1cccc(OC)c1OC. The van der Waals surface area contributed by atoms with Gasteiger partial charge < -0.3 is 19.5 Å². The molecule has 0 atom stereocenters. The van der Waals surface area contributed by atoms with Gasteiger partial charge in [0.1, 0.15) is 5.75 Å². The predicted molar refractivity (Wildman–Crippen MR) is 98.0 cm³/mol. The molecule has 0 aliphatic heterocycles. The van der Waals surface area contributed by atoms with E-state index in [2.05, 4.69) is 5.32 Å². The van der Waals surface area contributed by atoms with E-state index in [0.717, 1.165) is 16.9 Å². The molecule has 1 amide bonds. The van der Waals surface area contributed by atoms with Gasteiger partial charge in [-0.05, 0) is 25.1 Å². The van der Waals surface area contributed by atoms with Crippen LogP contribution in [0, 0.1) is 0 Å². The summed E-state index contributed by atoms with van der Waals surface area (Å²) in [7, 11) is 3.16. The fraction of sp³-hybridized carbons (Fsp3) is 0.250. The number of carbonyl (C=O) groups is 1. The number of carbonyl (C=O) groups excluding carboxylic acids is 1. The van der Waals surface area contributed by atoms with Crippen molar-refractivity contribution in [1.82, 2.24) is 5.32 Å². The van der Waals surface area contributed by atoms with Gasteiger partial charge in [-0.1, -0.05) is 30.3 Å². The highest BCUT2D eigenvalue weighted by Gasteiger charge is 2.09. The summed E-state index contributed by atoms with van der Waals surface area (Å²) >= 11 is 0. The van der Waals surface area contributed by atoms with Gasteiger partial charge in [-0.15, -0.1) is 0 Å². The van der Waals surface area contributed by atoms with Gasteiger partial charge in [-0.3, -0.25) is 4.79 Å². The average Bonchev–Trinajstić information content (AvgIpc) is 2.65. The van der Waals surface area contributed by atoms with Crippen LogP contribution in [0.25, 0.3) is 6.08 Å². The number of hydrogen-bond acceptors (Lipinski definition) is 4. The molecule has 0 saturated heterocycles. The number of benzene rings is 2. The maximum absolute atomic E-state index is 12.1. The zero-order valence-corrected chi connectivity index (χ0v) is 14.7. The molecule has 2 aromatic carbocycles. The maximum atomic E-state index is 12.1. The largest absolute Gasteiger partial charge is 0.493 e. The predicted octanol–water partition coefficient (Wildman–Crippen LogP) is 3.43. The number of amides is 1. The van der Waals surface area contributed by atoms with Gasteiger partial charge in [0.25, 0.3) is 0 Å². The zero-order chi connectivity index (χ0) is 18.1. The molecule has 0 aliphatic carbocycles. The van der Waals surface area contributed by atoms with Crippen molar-refractivity contribution in [1.29, 1.82) is 0 Å². The van der Waals surface area contributed by atoms with Gasteiger partial charge in [0.05, 0.1) is 20.8 Å². The van der Waals surface area contributed by atoms with Crippen LogP contribution in [0.4, 0.5) is 0 Å². The molecular formula is C20H23NO4. The highest BCUT2D eigenvalue weighted by Crippen LogP contribution is 2.30. The Morgan fingerprint density at radius 3 is 2.52 bits per heavy atom. The molecule has 0 aromatic heterocycles. The Bertz CT molecular complexity index is 740. The first-order valence-corrected chi connectivity index (χ1v) is 8.07. The number of methoxy groups -OCH3 is 2. The molecule has 0 radical (unpaired) electrons. The molecule has 0 unspecified atom stereocenters. The third-order valence-electron chi connectivity index (χ3n) is 3.57. The Labute approximate surface area is 148 Å². The summed E-state index contributed by atoms with van der Waals surface area (Å²) < 4.78 is 16.2.